The second-order valence-electron chi connectivity index (χ2n) is 5.46. The normalized spacial score (nSPS) is 17.2. The van der Waals surface area contributed by atoms with Crippen LogP contribution < -0.4 is 10.1 Å². The molecule has 9 heteroatoms. The number of amides is 2. The number of hydrogen-bond donors (Lipinski definition) is 2. The molecule has 0 spiro atoms. The van der Waals surface area contributed by atoms with Crippen molar-refractivity contribution in [3.63, 3.8) is 0 Å². The van der Waals surface area contributed by atoms with E-state index in [2.05, 4.69) is 20.5 Å². The van der Waals surface area contributed by atoms with Crippen LogP contribution >= 0.6 is 0 Å². The van der Waals surface area contributed by atoms with E-state index in [0.29, 0.717) is 36.9 Å². The molecule has 1 unspecified atom stereocenters. The minimum atomic E-state index is -0.336. The summed E-state index contributed by atoms with van der Waals surface area (Å²) in [5.41, 5.74) is 0.431. The third kappa shape index (κ3) is 3.94. The van der Waals surface area contributed by atoms with Gasteiger partial charge in [-0.3, -0.25) is 14.7 Å². The molecule has 2 heterocycles. The zero-order valence-electron chi connectivity index (χ0n) is 13.8. The van der Waals surface area contributed by atoms with Crippen molar-refractivity contribution in [2.45, 2.75) is 6.04 Å². The Morgan fingerprint density at radius 2 is 2.36 bits per heavy atom. The van der Waals surface area contributed by atoms with Crippen LogP contribution in [0.5, 0.6) is 5.75 Å². The maximum atomic E-state index is 12.5. The van der Waals surface area contributed by atoms with Crippen molar-refractivity contribution in [1.82, 2.24) is 25.4 Å². The van der Waals surface area contributed by atoms with Gasteiger partial charge >= 0.3 is 0 Å². The Hall–Kier alpha value is -2.94. The monoisotopic (exact) mass is 345 g/mol. The third-order valence-electron chi connectivity index (χ3n) is 3.93. The predicted octanol–water partition coefficient (Wildman–Crippen LogP) is 0.143. The van der Waals surface area contributed by atoms with Crippen LogP contribution in [0.4, 0.5) is 0 Å². The maximum absolute atomic E-state index is 12.5. The Morgan fingerprint density at radius 1 is 1.48 bits per heavy atom. The lowest BCUT2D eigenvalue weighted by Gasteiger charge is -2.34. The second kappa shape index (κ2) is 7.75. The molecule has 2 aromatic rings. The predicted molar refractivity (Wildman–Crippen MR) is 87.0 cm³/mol. The quantitative estimate of drug-likeness (QED) is 0.798. The summed E-state index contributed by atoms with van der Waals surface area (Å²) in [7, 11) is 1.53. The van der Waals surface area contributed by atoms with Crippen molar-refractivity contribution in [2.75, 3.05) is 33.4 Å². The summed E-state index contributed by atoms with van der Waals surface area (Å²) in [6, 6.07) is 6.41. The molecule has 9 nitrogen and oxygen atoms in total. The van der Waals surface area contributed by atoms with Gasteiger partial charge in [0.25, 0.3) is 5.91 Å². The lowest BCUT2D eigenvalue weighted by molar-refractivity contribution is -0.139. The minimum absolute atomic E-state index is 0.110. The summed E-state index contributed by atoms with van der Waals surface area (Å²) in [6.07, 6.45) is 1.39. The van der Waals surface area contributed by atoms with E-state index in [9.17, 15) is 9.59 Å². The Bertz CT molecular complexity index is 734. The van der Waals surface area contributed by atoms with Crippen LogP contribution in [0, 0.1) is 0 Å². The number of H-pyrrole nitrogens is 1. The van der Waals surface area contributed by atoms with Crippen molar-refractivity contribution < 1.29 is 19.1 Å². The summed E-state index contributed by atoms with van der Waals surface area (Å²) in [4.78, 5) is 30.5. The molecule has 1 aromatic heterocycles. The highest BCUT2D eigenvalue weighted by molar-refractivity contribution is 5.96. The number of benzene rings is 1. The van der Waals surface area contributed by atoms with Gasteiger partial charge in [-0.2, -0.15) is 5.10 Å². The maximum Gasteiger partial charge on any atom is 0.251 e. The number of aromatic amines is 1. The van der Waals surface area contributed by atoms with E-state index >= 15 is 0 Å². The number of morpholine rings is 1. The second-order valence-corrected chi connectivity index (χ2v) is 5.46. The number of nitrogens with zero attached hydrogens (tertiary/aromatic N) is 3. The molecule has 25 heavy (non-hydrogen) atoms. The molecule has 0 aliphatic carbocycles. The third-order valence-corrected chi connectivity index (χ3v) is 3.93. The molecular weight excluding hydrogens is 326 g/mol. The van der Waals surface area contributed by atoms with Crippen LogP contribution in [0.1, 0.15) is 22.2 Å². The summed E-state index contributed by atoms with van der Waals surface area (Å²) in [5, 5.41) is 9.21. The molecule has 1 aromatic carbocycles. The van der Waals surface area contributed by atoms with Crippen LogP contribution in [0.25, 0.3) is 0 Å². The highest BCUT2D eigenvalue weighted by Gasteiger charge is 2.30. The molecule has 1 aliphatic rings. The van der Waals surface area contributed by atoms with Gasteiger partial charge in [0, 0.05) is 12.1 Å². The molecule has 2 N–H and O–H groups in total. The first-order valence-electron chi connectivity index (χ1n) is 7.84. The van der Waals surface area contributed by atoms with Gasteiger partial charge in [-0.25, -0.2) is 4.98 Å². The Balaban J connectivity index is 1.61. The minimum Gasteiger partial charge on any atom is -0.497 e. The fraction of sp³-hybridized carbons (Fsp3) is 0.375. The Labute approximate surface area is 144 Å². The van der Waals surface area contributed by atoms with Gasteiger partial charge < -0.3 is 19.7 Å². The molecule has 1 aliphatic heterocycles. The number of nitrogens with one attached hydrogen (secondary N) is 2. The van der Waals surface area contributed by atoms with Crippen LogP contribution in [-0.4, -0.2) is 65.3 Å². The average molecular weight is 345 g/mol. The van der Waals surface area contributed by atoms with Crippen LogP contribution in [-0.2, 0) is 9.53 Å². The van der Waals surface area contributed by atoms with Crippen molar-refractivity contribution >= 4 is 11.8 Å². The summed E-state index contributed by atoms with van der Waals surface area (Å²) >= 11 is 0. The van der Waals surface area contributed by atoms with Gasteiger partial charge in [0.05, 0.1) is 26.9 Å². The smallest absolute Gasteiger partial charge is 0.251 e. The van der Waals surface area contributed by atoms with E-state index < -0.39 is 0 Å². The van der Waals surface area contributed by atoms with Crippen LogP contribution in [0.2, 0.25) is 0 Å². The van der Waals surface area contributed by atoms with Gasteiger partial charge in [-0.15, -0.1) is 0 Å². The number of ether oxygens (including phenoxy) is 2. The topological polar surface area (TPSA) is 109 Å². The van der Waals surface area contributed by atoms with Crippen molar-refractivity contribution in [3.8, 4) is 5.75 Å². The molecule has 1 fully saturated rings. The highest BCUT2D eigenvalue weighted by Crippen LogP contribution is 2.20. The van der Waals surface area contributed by atoms with Crippen molar-refractivity contribution in [2.24, 2.45) is 0 Å². The molecule has 132 valence electrons. The number of carbonyl (C=O) groups is 2. The summed E-state index contributed by atoms with van der Waals surface area (Å²) < 4.78 is 10.5. The van der Waals surface area contributed by atoms with E-state index in [0.717, 1.165) is 0 Å². The van der Waals surface area contributed by atoms with Crippen LogP contribution in [0.3, 0.4) is 0 Å². The average Bonchev–Trinajstić information content (AvgIpc) is 3.20. The lowest BCUT2D eigenvalue weighted by Crippen LogP contribution is -2.47. The molecule has 3 rings (SSSR count). The number of aromatic nitrogens is 3. The van der Waals surface area contributed by atoms with E-state index in [1.54, 1.807) is 29.2 Å². The lowest BCUT2D eigenvalue weighted by atomic mass is 10.2. The van der Waals surface area contributed by atoms with Gasteiger partial charge in [-0.1, -0.05) is 6.07 Å². The van der Waals surface area contributed by atoms with Gasteiger partial charge in [0.15, 0.2) is 0 Å². The fourth-order valence-electron chi connectivity index (χ4n) is 2.63. The number of hydrogen-bond acceptors (Lipinski definition) is 6. The first kappa shape index (κ1) is 16.9. The van der Waals surface area contributed by atoms with E-state index in [4.69, 9.17) is 9.47 Å². The van der Waals surface area contributed by atoms with Gasteiger partial charge in [-0.05, 0) is 18.2 Å². The summed E-state index contributed by atoms with van der Waals surface area (Å²) in [5.74, 6) is 0.599. The zero-order valence-corrected chi connectivity index (χ0v) is 13.8. The molecule has 0 bridgehead atoms. The number of carbonyl (C=O) groups excluding carboxylic acids is 2. The summed E-state index contributed by atoms with van der Waals surface area (Å²) in [6.45, 7) is 1.10. The highest BCUT2D eigenvalue weighted by atomic mass is 16.5. The number of rotatable bonds is 5. The SMILES string of the molecule is COc1cccc(C(=O)NCC(=O)N2CCOCC2c2ncn[nH]2)c1. The zero-order chi connectivity index (χ0) is 17.6. The van der Waals surface area contributed by atoms with E-state index in [-0.39, 0.29) is 24.4 Å². The molecular formula is C16H19N5O4. The van der Waals surface area contributed by atoms with Crippen molar-refractivity contribution in [3.05, 3.63) is 42.0 Å². The Morgan fingerprint density at radius 3 is 3.12 bits per heavy atom. The van der Waals surface area contributed by atoms with Crippen molar-refractivity contribution in [1.29, 1.82) is 0 Å². The molecule has 1 atom stereocenters. The first-order valence-corrected chi connectivity index (χ1v) is 7.84. The van der Waals surface area contributed by atoms with Gasteiger partial charge in [0.2, 0.25) is 5.91 Å². The van der Waals surface area contributed by atoms with Crippen LogP contribution in [0.15, 0.2) is 30.6 Å². The number of methoxy groups -OCH3 is 1. The van der Waals surface area contributed by atoms with E-state index in [1.165, 1.54) is 13.4 Å². The largest absolute Gasteiger partial charge is 0.497 e. The molecule has 2 amide bonds. The Kier molecular flexibility index (Phi) is 5.24. The first-order chi connectivity index (χ1) is 12.2. The fourth-order valence-corrected chi connectivity index (χ4v) is 2.63. The molecule has 0 saturated carbocycles. The standard InChI is InChI=1S/C16H19N5O4/c1-24-12-4-2-3-11(7-12)16(23)17-8-14(22)21-5-6-25-9-13(21)15-18-10-19-20-15/h2-4,7,10,13H,5-6,8-9H2,1H3,(H,17,23)(H,18,19,20). The molecule has 0 radical (unpaired) electrons. The van der Waals surface area contributed by atoms with E-state index in [1.807, 2.05) is 0 Å². The molecule has 1 saturated heterocycles. The van der Waals surface area contributed by atoms with Gasteiger partial charge in [0.1, 0.15) is 23.9 Å².